The Morgan fingerprint density at radius 2 is 2.19 bits per heavy atom. The maximum Gasteiger partial charge on any atom is 0.0963 e. The zero-order valence-electron chi connectivity index (χ0n) is 10.5. The van der Waals surface area contributed by atoms with Crippen LogP contribution in [0.4, 0.5) is 0 Å². The second kappa shape index (κ2) is 5.14. The van der Waals surface area contributed by atoms with E-state index in [-0.39, 0.29) is 11.3 Å². The molecule has 0 aliphatic carbocycles. The number of nitrogens with zero attached hydrogens (tertiary/aromatic N) is 2. The third-order valence-electron chi connectivity index (χ3n) is 2.93. The Hall–Kier alpha value is -1.32. The van der Waals surface area contributed by atoms with Crippen molar-refractivity contribution in [3.05, 3.63) is 18.0 Å². The van der Waals surface area contributed by atoms with Crippen molar-refractivity contribution in [2.75, 3.05) is 0 Å². The highest BCUT2D eigenvalue weighted by atomic mass is 15.3. The van der Waals surface area contributed by atoms with E-state index in [2.05, 4.69) is 11.3 Å². The molecule has 1 aromatic heterocycles. The quantitative estimate of drug-likeness (QED) is 0.440. The van der Waals surface area contributed by atoms with E-state index in [0.29, 0.717) is 0 Å². The standard InChI is InChI=1S/C12H22N4/c1-10-8-15-16(9-10)7-5-4-6-12(2,3)11(13)14/h8-9H,4-7H2,1-3H3,(H3,13,14). The SMILES string of the molecule is Cc1cnn(CCCCC(C)(C)C(=N)N)c1. The lowest BCUT2D eigenvalue weighted by Gasteiger charge is -2.22. The van der Waals surface area contributed by atoms with Crippen molar-refractivity contribution in [2.24, 2.45) is 11.1 Å². The third-order valence-corrected chi connectivity index (χ3v) is 2.93. The molecular formula is C12H22N4. The molecule has 0 saturated carbocycles. The van der Waals surface area contributed by atoms with Gasteiger partial charge < -0.3 is 5.73 Å². The average Bonchev–Trinajstić information content (AvgIpc) is 2.59. The van der Waals surface area contributed by atoms with Gasteiger partial charge >= 0.3 is 0 Å². The van der Waals surface area contributed by atoms with Gasteiger partial charge in [0.05, 0.1) is 12.0 Å². The first-order valence-corrected chi connectivity index (χ1v) is 5.75. The Morgan fingerprint density at radius 3 is 2.69 bits per heavy atom. The van der Waals surface area contributed by atoms with Gasteiger partial charge in [0.2, 0.25) is 0 Å². The Morgan fingerprint density at radius 1 is 1.50 bits per heavy atom. The van der Waals surface area contributed by atoms with E-state index in [1.807, 2.05) is 31.6 Å². The van der Waals surface area contributed by atoms with Crippen LogP contribution in [0.25, 0.3) is 0 Å². The summed E-state index contributed by atoms with van der Waals surface area (Å²) >= 11 is 0. The Bertz CT molecular complexity index is 352. The molecule has 0 bridgehead atoms. The lowest BCUT2D eigenvalue weighted by atomic mass is 9.86. The van der Waals surface area contributed by atoms with Gasteiger partial charge in [0.15, 0.2) is 0 Å². The summed E-state index contributed by atoms with van der Waals surface area (Å²) in [5.41, 5.74) is 6.56. The Balaban J connectivity index is 2.24. The predicted molar refractivity (Wildman–Crippen MR) is 66.5 cm³/mol. The highest BCUT2D eigenvalue weighted by Gasteiger charge is 2.20. The fraction of sp³-hybridized carbons (Fsp3) is 0.667. The van der Waals surface area contributed by atoms with Gasteiger partial charge in [0.1, 0.15) is 0 Å². The summed E-state index contributed by atoms with van der Waals surface area (Å²) in [6, 6.07) is 0. The molecule has 1 rings (SSSR count). The van der Waals surface area contributed by atoms with Crippen LogP contribution in [0.5, 0.6) is 0 Å². The van der Waals surface area contributed by atoms with Gasteiger partial charge in [-0.1, -0.05) is 20.3 Å². The molecule has 4 nitrogen and oxygen atoms in total. The second-order valence-electron chi connectivity index (χ2n) is 5.04. The van der Waals surface area contributed by atoms with E-state index in [1.165, 1.54) is 5.56 Å². The molecule has 4 heteroatoms. The lowest BCUT2D eigenvalue weighted by molar-refractivity contribution is 0.424. The van der Waals surface area contributed by atoms with Gasteiger partial charge in [-0.3, -0.25) is 10.1 Å². The number of nitrogens with two attached hydrogens (primary N) is 1. The topological polar surface area (TPSA) is 67.7 Å². The molecule has 0 aromatic carbocycles. The number of amidine groups is 1. The van der Waals surface area contributed by atoms with E-state index in [9.17, 15) is 0 Å². The zero-order chi connectivity index (χ0) is 12.2. The first kappa shape index (κ1) is 12.7. The number of unbranched alkanes of at least 4 members (excludes halogenated alkanes) is 1. The van der Waals surface area contributed by atoms with Gasteiger partial charge in [0.25, 0.3) is 0 Å². The summed E-state index contributed by atoms with van der Waals surface area (Å²) in [5, 5.41) is 11.7. The molecule has 0 spiro atoms. The van der Waals surface area contributed by atoms with Crippen LogP contribution in [0, 0.1) is 17.7 Å². The summed E-state index contributed by atoms with van der Waals surface area (Å²) in [4.78, 5) is 0. The molecule has 16 heavy (non-hydrogen) atoms. The normalized spacial score (nSPS) is 11.7. The molecule has 0 radical (unpaired) electrons. The highest BCUT2D eigenvalue weighted by Crippen LogP contribution is 2.22. The van der Waals surface area contributed by atoms with Crippen molar-refractivity contribution in [3.63, 3.8) is 0 Å². The van der Waals surface area contributed by atoms with E-state index >= 15 is 0 Å². The Kier molecular flexibility index (Phi) is 4.10. The number of hydrogen-bond donors (Lipinski definition) is 2. The molecule has 90 valence electrons. The molecule has 0 aliphatic heterocycles. The second-order valence-corrected chi connectivity index (χ2v) is 5.04. The molecule has 1 aromatic rings. The van der Waals surface area contributed by atoms with Gasteiger partial charge in [-0.25, -0.2) is 0 Å². The van der Waals surface area contributed by atoms with Gasteiger partial charge in [-0.2, -0.15) is 5.10 Å². The van der Waals surface area contributed by atoms with Crippen molar-refractivity contribution in [1.82, 2.24) is 9.78 Å². The van der Waals surface area contributed by atoms with Crippen LogP contribution in [-0.2, 0) is 6.54 Å². The highest BCUT2D eigenvalue weighted by molar-refractivity contribution is 5.82. The minimum atomic E-state index is -0.167. The van der Waals surface area contributed by atoms with Crippen LogP contribution in [0.15, 0.2) is 12.4 Å². The number of aryl methyl sites for hydroxylation is 2. The minimum Gasteiger partial charge on any atom is -0.387 e. The monoisotopic (exact) mass is 222 g/mol. The molecule has 0 aliphatic rings. The summed E-state index contributed by atoms with van der Waals surface area (Å²) in [6.07, 6.45) is 7.04. The minimum absolute atomic E-state index is 0.167. The van der Waals surface area contributed by atoms with E-state index in [1.54, 1.807) is 0 Å². The molecule has 0 saturated heterocycles. The molecule has 3 N–H and O–H groups in total. The molecule has 0 amide bonds. The summed E-state index contributed by atoms with van der Waals surface area (Å²) < 4.78 is 1.97. The van der Waals surface area contributed by atoms with Crippen molar-refractivity contribution in [3.8, 4) is 0 Å². The van der Waals surface area contributed by atoms with E-state index in [0.717, 1.165) is 25.8 Å². The molecule has 0 unspecified atom stereocenters. The van der Waals surface area contributed by atoms with Crippen molar-refractivity contribution in [1.29, 1.82) is 5.41 Å². The third kappa shape index (κ3) is 3.68. The maximum atomic E-state index is 7.46. The van der Waals surface area contributed by atoms with Crippen LogP contribution in [0.2, 0.25) is 0 Å². The van der Waals surface area contributed by atoms with Crippen LogP contribution in [0.1, 0.15) is 38.7 Å². The molecule has 0 atom stereocenters. The maximum absolute atomic E-state index is 7.46. The number of nitrogens with one attached hydrogen (secondary N) is 1. The van der Waals surface area contributed by atoms with Crippen molar-refractivity contribution >= 4 is 5.84 Å². The van der Waals surface area contributed by atoms with Gasteiger partial charge in [0, 0.05) is 18.2 Å². The summed E-state index contributed by atoms with van der Waals surface area (Å²) in [6.45, 7) is 7.03. The Labute approximate surface area is 97.3 Å². The van der Waals surface area contributed by atoms with Gasteiger partial charge in [-0.05, 0) is 25.3 Å². The van der Waals surface area contributed by atoms with E-state index in [4.69, 9.17) is 11.1 Å². The fourth-order valence-corrected chi connectivity index (χ4v) is 1.56. The van der Waals surface area contributed by atoms with Crippen LogP contribution >= 0.6 is 0 Å². The molecular weight excluding hydrogens is 200 g/mol. The lowest BCUT2D eigenvalue weighted by Crippen LogP contribution is -2.30. The number of hydrogen-bond acceptors (Lipinski definition) is 2. The number of aromatic nitrogens is 2. The zero-order valence-corrected chi connectivity index (χ0v) is 10.5. The van der Waals surface area contributed by atoms with Gasteiger partial charge in [-0.15, -0.1) is 0 Å². The first-order valence-electron chi connectivity index (χ1n) is 5.75. The number of rotatable bonds is 6. The van der Waals surface area contributed by atoms with Crippen LogP contribution in [-0.4, -0.2) is 15.6 Å². The van der Waals surface area contributed by atoms with E-state index < -0.39 is 0 Å². The van der Waals surface area contributed by atoms with Crippen molar-refractivity contribution < 1.29 is 0 Å². The van der Waals surface area contributed by atoms with Crippen molar-refractivity contribution in [2.45, 2.75) is 46.6 Å². The summed E-state index contributed by atoms with van der Waals surface area (Å²) in [7, 11) is 0. The fourth-order valence-electron chi connectivity index (χ4n) is 1.56. The predicted octanol–water partition coefficient (Wildman–Crippen LogP) is 2.32. The smallest absolute Gasteiger partial charge is 0.0963 e. The summed E-state index contributed by atoms with van der Waals surface area (Å²) in [5.74, 6) is 0.280. The average molecular weight is 222 g/mol. The van der Waals surface area contributed by atoms with Crippen LogP contribution < -0.4 is 5.73 Å². The first-order chi connectivity index (χ1) is 7.42. The molecule has 1 heterocycles. The van der Waals surface area contributed by atoms with Crippen LogP contribution in [0.3, 0.4) is 0 Å². The molecule has 0 fully saturated rings. The largest absolute Gasteiger partial charge is 0.387 e.